The molecular formula is C19H22N2O3. The molecule has 0 heterocycles. The number of amides is 2. The molecule has 0 aliphatic heterocycles. The molecule has 5 heteroatoms. The molecule has 0 saturated heterocycles. The van der Waals surface area contributed by atoms with Crippen LogP contribution in [-0.2, 0) is 9.59 Å². The molecule has 2 aromatic carbocycles. The van der Waals surface area contributed by atoms with Gasteiger partial charge in [0.25, 0.3) is 5.91 Å². The van der Waals surface area contributed by atoms with Crippen LogP contribution >= 0.6 is 0 Å². The number of ether oxygens (including phenoxy) is 1. The van der Waals surface area contributed by atoms with Crippen LogP contribution in [0, 0.1) is 0 Å². The van der Waals surface area contributed by atoms with Crippen LogP contribution in [0.15, 0.2) is 48.5 Å². The summed E-state index contributed by atoms with van der Waals surface area (Å²) in [7, 11) is 0. The maximum absolute atomic E-state index is 11.9. The molecular weight excluding hydrogens is 304 g/mol. The largest absolute Gasteiger partial charge is 0.484 e. The fourth-order valence-corrected chi connectivity index (χ4v) is 2.14. The minimum Gasteiger partial charge on any atom is -0.484 e. The van der Waals surface area contributed by atoms with Crippen molar-refractivity contribution in [2.45, 2.75) is 26.7 Å². The summed E-state index contributed by atoms with van der Waals surface area (Å²) in [5.74, 6) is 0.665. The highest BCUT2D eigenvalue weighted by Crippen LogP contribution is 2.18. The molecule has 0 aliphatic rings. The van der Waals surface area contributed by atoms with Gasteiger partial charge in [-0.25, -0.2) is 0 Å². The van der Waals surface area contributed by atoms with Crippen molar-refractivity contribution in [2.24, 2.45) is 0 Å². The highest BCUT2D eigenvalue weighted by atomic mass is 16.5. The molecule has 0 saturated carbocycles. The van der Waals surface area contributed by atoms with Crippen LogP contribution < -0.4 is 15.4 Å². The molecule has 0 bridgehead atoms. The zero-order valence-corrected chi connectivity index (χ0v) is 14.1. The summed E-state index contributed by atoms with van der Waals surface area (Å²) in [6.45, 7) is 5.62. The third-order valence-corrected chi connectivity index (χ3v) is 3.41. The summed E-state index contributed by atoms with van der Waals surface area (Å²) >= 11 is 0. The summed E-state index contributed by atoms with van der Waals surface area (Å²) in [5.41, 5.74) is 2.65. The Bertz CT molecular complexity index is 692. The number of carbonyl (C=O) groups is 2. The highest BCUT2D eigenvalue weighted by Gasteiger charge is 2.05. The maximum atomic E-state index is 11.9. The van der Waals surface area contributed by atoms with E-state index in [0.717, 1.165) is 5.69 Å². The summed E-state index contributed by atoms with van der Waals surface area (Å²) in [4.78, 5) is 22.9. The summed E-state index contributed by atoms with van der Waals surface area (Å²) in [6, 6.07) is 14.6. The number of nitrogens with one attached hydrogen (secondary N) is 2. The Labute approximate surface area is 142 Å². The molecule has 24 heavy (non-hydrogen) atoms. The monoisotopic (exact) mass is 326 g/mol. The van der Waals surface area contributed by atoms with E-state index < -0.39 is 0 Å². The molecule has 0 unspecified atom stereocenters. The van der Waals surface area contributed by atoms with E-state index in [2.05, 4.69) is 24.5 Å². The van der Waals surface area contributed by atoms with Gasteiger partial charge in [0.2, 0.25) is 5.91 Å². The van der Waals surface area contributed by atoms with Gasteiger partial charge in [0.05, 0.1) is 0 Å². The van der Waals surface area contributed by atoms with Gasteiger partial charge in [-0.15, -0.1) is 0 Å². The van der Waals surface area contributed by atoms with Crippen LogP contribution in [0.4, 0.5) is 11.4 Å². The minimum atomic E-state index is -0.224. The number of carbonyl (C=O) groups excluding carboxylic acids is 2. The van der Waals surface area contributed by atoms with Gasteiger partial charge in [-0.3, -0.25) is 9.59 Å². The smallest absolute Gasteiger partial charge is 0.262 e. The van der Waals surface area contributed by atoms with Crippen molar-refractivity contribution in [3.05, 3.63) is 54.1 Å². The van der Waals surface area contributed by atoms with Crippen molar-refractivity contribution in [3.8, 4) is 5.75 Å². The lowest BCUT2D eigenvalue weighted by molar-refractivity contribution is -0.118. The van der Waals surface area contributed by atoms with Crippen molar-refractivity contribution in [3.63, 3.8) is 0 Å². The Morgan fingerprint density at radius 1 is 0.917 bits per heavy atom. The van der Waals surface area contributed by atoms with Gasteiger partial charge in [-0.05, 0) is 47.9 Å². The maximum Gasteiger partial charge on any atom is 0.262 e. The average molecular weight is 326 g/mol. The number of anilines is 2. The number of hydrogen-bond acceptors (Lipinski definition) is 3. The van der Waals surface area contributed by atoms with E-state index in [-0.39, 0.29) is 18.4 Å². The third kappa shape index (κ3) is 5.43. The molecule has 0 radical (unpaired) electrons. The Morgan fingerprint density at radius 2 is 1.46 bits per heavy atom. The van der Waals surface area contributed by atoms with E-state index in [1.165, 1.54) is 12.5 Å². The van der Waals surface area contributed by atoms with Gasteiger partial charge < -0.3 is 15.4 Å². The molecule has 5 nitrogen and oxygen atoms in total. The molecule has 0 spiro atoms. The van der Waals surface area contributed by atoms with Gasteiger partial charge in [0, 0.05) is 18.3 Å². The third-order valence-electron chi connectivity index (χ3n) is 3.41. The van der Waals surface area contributed by atoms with Gasteiger partial charge in [-0.2, -0.15) is 0 Å². The number of rotatable bonds is 6. The van der Waals surface area contributed by atoms with Crippen LogP contribution in [0.3, 0.4) is 0 Å². The van der Waals surface area contributed by atoms with Crippen LogP contribution in [0.5, 0.6) is 5.75 Å². The Balaban J connectivity index is 1.83. The van der Waals surface area contributed by atoms with Crippen LogP contribution in [-0.4, -0.2) is 18.4 Å². The summed E-state index contributed by atoms with van der Waals surface area (Å²) < 4.78 is 5.44. The predicted molar refractivity (Wildman–Crippen MR) is 95.4 cm³/mol. The van der Waals surface area contributed by atoms with E-state index in [4.69, 9.17) is 4.74 Å². The average Bonchev–Trinajstić information content (AvgIpc) is 2.54. The molecule has 2 N–H and O–H groups in total. The molecule has 0 atom stereocenters. The van der Waals surface area contributed by atoms with E-state index >= 15 is 0 Å². The molecule has 0 fully saturated rings. The van der Waals surface area contributed by atoms with Crippen molar-refractivity contribution < 1.29 is 14.3 Å². The molecule has 2 rings (SSSR count). The van der Waals surface area contributed by atoms with Crippen molar-refractivity contribution in [1.29, 1.82) is 0 Å². The quantitative estimate of drug-likeness (QED) is 0.849. The topological polar surface area (TPSA) is 67.4 Å². The van der Waals surface area contributed by atoms with Crippen molar-refractivity contribution in [2.75, 3.05) is 17.2 Å². The first kappa shape index (κ1) is 17.5. The molecule has 126 valence electrons. The lowest BCUT2D eigenvalue weighted by Crippen LogP contribution is -2.20. The van der Waals surface area contributed by atoms with Gasteiger partial charge in [0.15, 0.2) is 6.61 Å². The standard InChI is InChI=1S/C19H22N2O3/c1-13(2)15-4-6-17(7-5-15)21-19(23)12-24-18-10-8-16(9-11-18)20-14(3)22/h4-11,13H,12H2,1-3H3,(H,20,22)(H,21,23). The second kappa shape index (κ2) is 8.15. The van der Waals surface area contributed by atoms with Gasteiger partial charge in [0.1, 0.15) is 5.75 Å². The fraction of sp³-hybridized carbons (Fsp3) is 0.263. The first-order valence-electron chi connectivity index (χ1n) is 7.84. The first-order chi connectivity index (χ1) is 11.4. The van der Waals surface area contributed by atoms with Crippen LogP contribution in [0.2, 0.25) is 0 Å². The Morgan fingerprint density at radius 3 is 2.00 bits per heavy atom. The van der Waals surface area contributed by atoms with Crippen molar-refractivity contribution >= 4 is 23.2 Å². The predicted octanol–water partition coefficient (Wildman–Crippen LogP) is 3.79. The Hall–Kier alpha value is -2.82. The molecule has 0 aromatic heterocycles. The lowest BCUT2D eigenvalue weighted by Gasteiger charge is -2.10. The number of benzene rings is 2. The Kier molecular flexibility index (Phi) is 5.95. The molecule has 0 aliphatic carbocycles. The number of hydrogen-bond donors (Lipinski definition) is 2. The second-order valence-electron chi connectivity index (χ2n) is 5.82. The highest BCUT2D eigenvalue weighted by molar-refractivity contribution is 5.92. The molecule has 2 aromatic rings. The summed E-state index contributed by atoms with van der Waals surface area (Å²) in [6.07, 6.45) is 0. The van der Waals surface area contributed by atoms with Crippen molar-refractivity contribution in [1.82, 2.24) is 0 Å². The van der Waals surface area contributed by atoms with E-state index in [9.17, 15) is 9.59 Å². The van der Waals surface area contributed by atoms with Gasteiger partial charge in [-0.1, -0.05) is 26.0 Å². The molecule has 2 amide bonds. The zero-order valence-electron chi connectivity index (χ0n) is 14.1. The fourth-order valence-electron chi connectivity index (χ4n) is 2.14. The van der Waals surface area contributed by atoms with E-state index in [1.54, 1.807) is 24.3 Å². The second-order valence-corrected chi connectivity index (χ2v) is 5.82. The SMILES string of the molecule is CC(=O)Nc1ccc(OCC(=O)Nc2ccc(C(C)C)cc2)cc1. The first-order valence-corrected chi connectivity index (χ1v) is 7.84. The minimum absolute atomic E-state index is 0.0780. The van der Waals surface area contributed by atoms with Crippen LogP contribution in [0.25, 0.3) is 0 Å². The normalized spacial score (nSPS) is 10.3. The van der Waals surface area contributed by atoms with E-state index in [1.807, 2.05) is 24.3 Å². The van der Waals surface area contributed by atoms with E-state index in [0.29, 0.717) is 17.4 Å². The lowest BCUT2D eigenvalue weighted by atomic mass is 10.0. The van der Waals surface area contributed by atoms with Gasteiger partial charge >= 0.3 is 0 Å². The zero-order chi connectivity index (χ0) is 17.5. The summed E-state index contributed by atoms with van der Waals surface area (Å²) in [5, 5.41) is 5.46. The van der Waals surface area contributed by atoms with Crippen LogP contribution in [0.1, 0.15) is 32.3 Å².